The number of hydrogen-bond donors (Lipinski definition) is 2. The van der Waals surface area contributed by atoms with Crippen molar-refractivity contribution in [2.24, 2.45) is 5.73 Å². The highest BCUT2D eigenvalue weighted by molar-refractivity contribution is 5.76. The van der Waals surface area contributed by atoms with Gasteiger partial charge in [0, 0.05) is 51.2 Å². The van der Waals surface area contributed by atoms with Gasteiger partial charge >= 0.3 is 6.09 Å². The van der Waals surface area contributed by atoms with Crippen LogP contribution in [0.4, 0.5) is 4.79 Å². The molecule has 1 atom stereocenters. The molecule has 1 saturated heterocycles. The smallest absolute Gasteiger partial charge is 0.410 e. The number of amides is 2. The second-order valence-corrected chi connectivity index (χ2v) is 7.44. The number of piperazine rings is 1. The third kappa shape index (κ3) is 5.99. The number of nitrogens with one attached hydrogen (secondary N) is 1. The zero-order valence-electron chi connectivity index (χ0n) is 14.5. The fraction of sp³-hybridized carbons (Fsp3) is 0.875. The van der Waals surface area contributed by atoms with E-state index in [1.54, 1.807) is 4.90 Å². The van der Waals surface area contributed by atoms with E-state index >= 15 is 0 Å². The Hall–Kier alpha value is -1.34. The lowest BCUT2D eigenvalue weighted by atomic mass is 10.1. The first-order valence-electron chi connectivity index (χ1n) is 8.50. The van der Waals surface area contributed by atoms with E-state index in [9.17, 15) is 9.59 Å². The Balaban J connectivity index is 1.78. The highest BCUT2D eigenvalue weighted by Crippen LogP contribution is 2.19. The average molecular weight is 326 g/mol. The van der Waals surface area contributed by atoms with Gasteiger partial charge in [0.2, 0.25) is 5.91 Å². The lowest BCUT2D eigenvalue weighted by molar-refractivity contribution is -0.121. The lowest BCUT2D eigenvalue weighted by Crippen LogP contribution is -2.58. The Morgan fingerprint density at radius 1 is 1.26 bits per heavy atom. The van der Waals surface area contributed by atoms with Crippen LogP contribution in [-0.2, 0) is 9.53 Å². The summed E-state index contributed by atoms with van der Waals surface area (Å²) in [6.45, 7) is 8.61. The van der Waals surface area contributed by atoms with Crippen LogP contribution in [0.2, 0.25) is 0 Å². The number of hydrogen-bond acceptors (Lipinski definition) is 5. The van der Waals surface area contributed by atoms with E-state index in [2.05, 4.69) is 10.2 Å². The maximum Gasteiger partial charge on any atom is 0.410 e. The summed E-state index contributed by atoms with van der Waals surface area (Å²) in [5.41, 5.74) is 5.37. The molecule has 2 amide bonds. The van der Waals surface area contributed by atoms with Gasteiger partial charge in [0.15, 0.2) is 0 Å². The number of ether oxygens (including phenoxy) is 1. The minimum Gasteiger partial charge on any atom is -0.444 e. The van der Waals surface area contributed by atoms with Gasteiger partial charge < -0.3 is 20.7 Å². The Kier molecular flexibility index (Phi) is 5.86. The third-order valence-electron chi connectivity index (χ3n) is 4.10. The zero-order chi connectivity index (χ0) is 17.0. The SMILES string of the molecule is CC(C)(C)OC(=O)N1CCN(CCC(=O)NC2CC2)C(CN)C1. The van der Waals surface area contributed by atoms with Crippen molar-refractivity contribution in [1.82, 2.24) is 15.1 Å². The second kappa shape index (κ2) is 7.49. The van der Waals surface area contributed by atoms with Crippen LogP contribution in [0.5, 0.6) is 0 Å². The van der Waals surface area contributed by atoms with Crippen molar-refractivity contribution in [3.05, 3.63) is 0 Å². The molecule has 1 heterocycles. The molecule has 0 spiro atoms. The molecule has 3 N–H and O–H groups in total. The highest BCUT2D eigenvalue weighted by Gasteiger charge is 2.31. The molecule has 2 rings (SSSR count). The number of nitrogens with two attached hydrogens (primary N) is 1. The summed E-state index contributed by atoms with van der Waals surface area (Å²) in [6, 6.07) is 0.474. The molecular formula is C16H30N4O3. The van der Waals surface area contributed by atoms with Crippen LogP contribution in [0.25, 0.3) is 0 Å². The van der Waals surface area contributed by atoms with Crippen molar-refractivity contribution in [1.29, 1.82) is 0 Å². The Morgan fingerprint density at radius 3 is 2.52 bits per heavy atom. The summed E-state index contributed by atoms with van der Waals surface area (Å²) >= 11 is 0. The maximum atomic E-state index is 12.2. The van der Waals surface area contributed by atoms with Gasteiger partial charge in [-0.3, -0.25) is 9.69 Å². The summed E-state index contributed by atoms with van der Waals surface area (Å²) in [6.07, 6.45) is 2.40. The molecule has 1 aliphatic carbocycles. The second-order valence-electron chi connectivity index (χ2n) is 7.44. The van der Waals surface area contributed by atoms with Gasteiger partial charge in [-0.05, 0) is 33.6 Å². The Bertz CT molecular complexity index is 432. The van der Waals surface area contributed by atoms with Crippen molar-refractivity contribution >= 4 is 12.0 Å². The number of rotatable bonds is 5. The molecule has 0 bridgehead atoms. The Morgan fingerprint density at radius 2 is 1.96 bits per heavy atom. The summed E-state index contributed by atoms with van der Waals surface area (Å²) in [4.78, 5) is 27.9. The molecule has 1 saturated carbocycles. The molecule has 2 aliphatic rings. The summed E-state index contributed by atoms with van der Waals surface area (Å²) in [7, 11) is 0. The molecule has 7 nitrogen and oxygen atoms in total. The highest BCUT2D eigenvalue weighted by atomic mass is 16.6. The maximum absolute atomic E-state index is 12.2. The molecular weight excluding hydrogens is 296 g/mol. The predicted octanol–water partition coefficient (Wildman–Crippen LogP) is 0.535. The molecule has 0 aromatic carbocycles. The predicted molar refractivity (Wildman–Crippen MR) is 88.0 cm³/mol. The van der Waals surface area contributed by atoms with Gasteiger partial charge in [-0.15, -0.1) is 0 Å². The Labute approximate surface area is 138 Å². The van der Waals surface area contributed by atoms with Crippen LogP contribution in [-0.4, -0.2) is 72.2 Å². The van der Waals surface area contributed by atoms with Gasteiger partial charge in [-0.2, -0.15) is 0 Å². The zero-order valence-corrected chi connectivity index (χ0v) is 14.5. The van der Waals surface area contributed by atoms with E-state index in [1.165, 1.54) is 0 Å². The van der Waals surface area contributed by atoms with E-state index in [-0.39, 0.29) is 18.0 Å². The van der Waals surface area contributed by atoms with E-state index in [4.69, 9.17) is 10.5 Å². The molecule has 23 heavy (non-hydrogen) atoms. The van der Waals surface area contributed by atoms with Gasteiger partial charge in [-0.25, -0.2) is 4.79 Å². The summed E-state index contributed by atoms with van der Waals surface area (Å²) < 4.78 is 5.42. The van der Waals surface area contributed by atoms with E-state index in [0.717, 1.165) is 19.4 Å². The molecule has 0 radical (unpaired) electrons. The first-order chi connectivity index (χ1) is 10.8. The van der Waals surface area contributed by atoms with Gasteiger partial charge in [-0.1, -0.05) is 0 Å². The lowest BCUT2D eigenvalue weighted by Gasteiger charge is -2.41. The minimum absolute atomic E-state index is 0.0741. The van der Waals surface area contributed by atoms with Crippen LogP contribution in [0, 0.1) is 0 Å². The standard InChI is InChI=1S/C16H30N4O3/c1-16(2,3)23-15(22)20-9-8-19(13(10-17)11-20)7-6-14(21)18-12-4-5-12/h12-13H,4-11,17H2,1-3H3,(H,18,21). The van der Waals surface area contributed by atoms with Crippen LogP contribution in [0.1, 0.15) is 40.0 Å². The molecule has 0 aromatic heterocycles. The molecule has 0 aromatic rings. The monoisotopic (exact) mass is 326 g/mol. The molecule has 7 heteroatoms. The molecule has 1 unspecified atom stereocenters. The number of carbonyl (C=O) groups excluding carboxylic acids is 2. The molecule has 1 aliphatic heterocycles. The number of carbonyl (C=O) groups is 2. The fourth-order valence-corrected chi connectivity index (χ4v) is 2.68. The van der Waals surface area contributed by atoms with E-state index < -0.39 is 5.60 Å². The average Bonchev–Trinajstić information content (AvgIpc) is 3.27. The molecule has 132 valence electrons. The number of nitrogens with zero attached hydrogens (tertiary/aromatic N) is 2. The van der Waals surface area contributed by atoms with Gasteiger partial charge in [0.25, 0.3) is 0 Å². The first-order valence-corrected chi connectivity index (χ1v) is 8.50. The van der Waals surface area contributed by atoms with Crippen LogP contribution < -0.4 is 11.1 Å². The van der Waals surface area contributed by atoms with Crippen molar-refractivity contribution in [2.75, 3.05) is 32.7 Å². The topological polar surface area (TPSA) is 87.9 Å². The fourth-order valence-electron chi connectivity index (χ4n) is 2.68. The first kappa shape index (κ1) is 18.0. The van der Waals surface area contributed by atoms with Crippen LogP contribution >= 0.6 is 0 Å². The summed E-state index contributed by atoms with van der Waals surface area (Å²) in [5, 5.41) is 3.00. The van der Waals surface area contributed by atoms with Gasteiger partial charge in [0.1, 0.15) is 5.60 Å². The largest absolute Gasteiger partial charge is 0.444 e. The quantitative estimate of drug-likeness (QED) is 0.770. The van der Waals surface area contributed by atoms with Crippen molar-refractivity contribution < 1.29 is 14.3 Å². The normalized spacial score (nSPS) is 22.8. The van der Waals surface area contributed by atoms with Crippen LogP contribution in [0.15, 0.2) is 0 Å². The minimum atomic E-state index is -0.493. The van der Waals surface area contributed by atoms with Crippen molar-refractivity contribution in [3.63, 3.8) is 0 Å². The third-order valence-corrected chi connectivity index (χ3v) is 4.10. The molecule has 2 fully saturated rings. The van der Waals surface area contributed by atoms with Crippen LogP contribution in [0.3, 0.4) is 0 Å². The van der Waals surface area contributed by atoms with Crippen molar-refractivity contribution in [3.8, 4) is 0 Å². The van der Waals surface area contributed by atoms with Gasteiger partial charge in [0.05, 0.1) is 0 Å². The van der Waals surface area contributed by atoms with E-state index in [0.29, 0.717) is 38.6 Å². The van der Waals surface area contributed by atoms with E-state index in [1.807, 2.05) is 20.8 Å². The van der Waals surface area contributed by atoms with Crippen molar-refractivity contribution in [2.45, 2.75) is 57.7 Å². The summed E-state index contributed by atoms with van der Waals surface area (Å²) in [5.74, 6) is 0.109.